The lowest BCUT2D eigenvalue weighted by Gasteiger charge is -2.06. The number of fused-ring (bicyclic) bond motifs is 1. The molecule has 3 rings (SSSR count). The molecule has 22 heavy (non-hydrogen) atoms. The highest BCUT2D eigenvalue weighted by molar-refractivity contribution is 9.10. The summed E-state index contributed by atoms with van der Waals surface area (Å²) in [5, 5.41) is 3.70. The van der Waals surface area contributed by atoms with Gasteiger partial charge < -0.3 is 14.8 Å². The molecule has 0 saturated carbocycles. The van der Waals surface area contributed by atoms with Crippen LogP contribution in [0.3, 0.4) is 0 Å². The second kappa shape index (κ2) is 7.02. The highest BCUT2D eigenvalue weighted by atomic mass is 79.9. The topological polar surface area (TPSA) is 60.5 Å². The summed E-state index contributed by atoms with van der Waals surface area (Å²) in [6.45, 7) is 0.714. The van der Waals surface area contributed by atoms with Gasteiger partial charge in [0.1, 0.15) is 0 Å². The van der Waals surface area contributed by atoms with Crippen molar-refractivity contribution >= 4 is 33.6 Å². The molecule has 0 saturated heterocycles. The summed E-state index contributed by atoms with van der Waals surface area (Å²) in [5.41, 5.74) is 0.976. The highest BCUT2D eigenvalue weighted by Crippen LogP contribution is 2.32. The zero-order valence-electron chi connectivity index (χ0n) is 11.5. The third-order valence-electron chi connectivity index (χ3n) is 2.98. The van der Waals surface area contributed by atoms with Crippen molar-refractivity contribution in [3.05, 3.63) is 46.6 Å². The number of halogens is 1. The minimum Gasteiger partial charge on any atom is -0.454 e. The van der Waals surface area contributed by atoms with E-state index in [1.807, 2.05) is 30.3 Å². The molecule has 0 fully saturated rings. The van der Waals surface area contributed by atoms with Crippen LogP contribution < -0.4 is 14.8 Å². The Morgan fingerprint density at radius 1 is 1.27 bits per heavy atom. The fourth-order valence-electron chi connectivity index (χ4n) is 1.89. The van der Waals surface area contributed by atoms with Crippen LogP contribution in [0.5, 0.6) is 11.5 Å². The molecule has 2 aromatic rings. The number of hydrogen-bond acceptors (Lipinski definition) is 5. The summed E-state index contributed by atoms with van der Waals surface area (Å²) in [5.74, 6) is 1.76. The van der Waals surface area contributed by atoms with Gasteiger partial charge in [0.2, 0.25) is 12.7 Å². The Labute approximate surface area is 140 Å². The molecule has 5 nitrogen and oxygen atoms in total. The van der Waals surface area contributed by atoms with Crippen LogP contribution in [-0.2, 0) is 11.3 Å². The highest BCUT2D eigenvalue weighted by Gasteiger charge is 2.13. The minimum absolute atomic E-state index is 0.0348. The number of amides is 1. The van der Waals surface area contributed by atoms with Crippen molar-refractivity contribution in [1.29, 1.82) is 0 Å². The van der Waals surface area contributed by atoms with Crippen molar-refractivity contribution in [1.82, 2.24) is 10.3 Å². The smallest absolute Gasteiger partial charge is 0.231 e. The van der Waals surface area contributed by atoms with Crippen LogP contribution in [0, 0.1) is 0 Å². The van der Waals surface area contributed by atoms with Crippen molar-refractivity contribution < 1.29 is 14.3 Å². The molecule has 114 valence electrons. The number of nitrogens with zero attached hydrogens (tertiary/aromatic N) is 1. The Hall–Kier alpha value is -1.73. The summed E-state index contributed by atoms with van der Waals surface area (Å²) in [6.07, 6.45) is 1.72. The molecule has 1 aliphatic rings. The van der Waals surface area contributed by atoms with Crippen LogP contribution in [0.1, 0.15) is 5.56 Å². The average Bonchev–Trinajstić information content (AvgIpc) is 3.00. The number of pyridine rings is 1. The molecule has 0 aliphatic carbocycles. The van der Waals surface area contributed by atoms with Crippen LogP contribution in [0.4, 0.5) is 0 Å². The molecule has 0 bridgehead atoms. The molecule has 1 aliphatic heterocycles. The molecule has 1 N–H and O–H groups in total. The third-order valence-corrected chi connectivity index (χ3v) is 4.39. The quantitative estimate of drug-likeness (QED) is 0.807. The lowest BCUT2D eigenvalue weighted by Crippen LogP contribution is -2.24. The molecular weight excluding hydrogens is 368 g/mol. The van der Waals surface area contributed by atoms with Crippen molar-refractivity contribution in [2.24, 2.45) is 0 Å². The number of rotatable bonds is 5. The molecule has 2 heterocycles. The van der Waals surface area contributed by atoms with Crippen LogP contribution >= 0.6 is 27.7 Å². The van der Waals surface area contributed by atoms with Crippen molar-refractivity contribution in [3.8, 4) is 11.5 Å². The number of nitrogens with one attached hydrogen (secondary N) is 1. The Morgan fingerprint density at radius 3 is 2.95 bits per heavy atom. The number of benzene rings is 1. The Kier molecular flexibility index (Phi) is 4.84. The van der Waals surface area contributed by atoms with E-state index in [0.717, 1.165) is 26.6 Å². The van der Waals surface area contributed by atoms with Gasteiger partial charge in [0.05, 0.1) is 10.8 Å². The summed E-state index contributed by atoms with van der Waals surface area (Å²) >= 11 is 4.73. The first-order valence-corrected chi connectivity index (χ1v) is 8.38. The van der Waals surface area contributed by atoms with E-state index in [9.17, 15) is 4.79 Å². The van der Waals surface area contributed by atoms with Gasteiger partial charge in [-0.3, -0.25) is 4.79 Å². The first-order chi connectivity index (χ1) is 10.7. The van der Waals surface area contributed by atoms with Gasteiger partial charge in [0.25, 0.3) is 0 Å². The van der Waals surface area contributed by atoms with E-state index < -0.39 is 0 Å². The van der Waals surface area contributed by atoms with Gasteiger partial charge in [-0.1, -0.05) is 17.8 Å². The standard InChI is InChI=1S/C15H13BrN2O3S/c16-11-2-4-15(18-7-11)22-8-14(19)17-6-10-1-3-12-13(5-10)21-9-20-12/h1-5,7H,6,8-9H2,(H,17,19). The van der Waals surface area contributed by atoms with Gasteiger partial charge in [-0.25, -0.2) is 4.98 Å². The number of carbonyl (C=O) groups excluding carboxylic acids is 1. The third kappa shape index (κ3) is 3.92. The van der Waals surface area contributed by atoms with E-state index >= 15 is 0 Å². The molecule has 1 amide bonds. The zero-order chi connectivity index (χ0) is 15.4. The fourth-order valence-corrected chi connectivity index (χ4v) is 2.80. The normalized spacial score (nSPS) is 12.2. The van der Waals surface area contributed by atoms with Crippen molar-refractivity contribution in [3.63, 3.8) is 0 Å². The molecular formula is C15H13BrN2O3S. The summed E-state index contributed by atoms with van der Waals surface area (Å²) in [4.78, 5) is 16.1. The monoisotopic (exact) mass is 380 g/mol. The molecule has 7 heteroatoms. The minimum atomic E-state index is -0.0348. The Morgan fingerprint density at radius 2 is 2.14 bits per heavy atom. The van der Waals surface area contributed by atoms with Gasteiger partial charge >= 0.3 is 0 Å². The first kappa shape index (κ1) is 15.2. The van der Waals surface area contributed by atoms with E-state index in [-0.39, 0.29) is 12.7 Å². The predicted octanol–water partition coefficient (Wildman–Crippen LogP) is 2.98. The Bertz CT molecular complexity index is 679. The lowest BCUT2D eigenvalue weighted by atomic mass is 10.2. The van der Waals surface area contributed by atoms with Gasteiger partial charge in [-0.15, -0.1) is 0 Å². The van der Waals surface area contributed by atoms with Crippen LogP contribution in [0.25, 0.3) is 0 Å². The number of carbonyl (C=O) groups is 1. The largest absolute Gasteiger partial charge is 0.454 e. The maximum absolute atomic E-state index is 11.9. The molecule has 0 spiro atoms. The van der Waals surface area contributed by atoms with Gasteiger partial charge in [-0.2, -0.15) is 0 Å². The second-order valence-electron chi connectivity index (χ2n) is 4.57. The molecule has 0 unspecified atom stereocenters. The van der Waals surface area contributed by atoms with Crippen LogP contribution in [0.15, 0.2) is 46.0 Å². The first-order valence-electron chi connectivity index (χ1n) is 6.60. The zero-order valence-corrected chi connectivity index (χ0v) is 13.9. The van der Waals surface area contributed by atoms with Crippen LogP contribution in [0.2, 0.25) is 0 Å². The van der Waals surface area contributed by atoms with E-state index in [0.29, 0.717) is 12.3 Å². The van der Waals surface area contributed by atoms with Gasteiger partial charge in [0, 0.05) is 17.2 Å². The number of ether oxygens (including phenoxy) is 2. The molecule has 1 aromatic heterocycles. The fraction of sp³-hybridized carbons (Fsp3) is 0.200. The lowest BCUT2D eigenvalue weighted by molar-refractivity contribution is -0.118. The second-order valence-corrected chi connectivity index (χ2v) is 6.48. The predicted molar refractivity (Wildman–Crippen MR) is 87.1 cm³/mol. The van der Waals surface area contributed by atoms with E-state index in [2.05, 4.69) is 26.2 Å². The Balaban J connectivity index is 1.47. The molecule has 0 atom stereocenters. The maximum Gasteiger partial charge on any atom is 0.231 e. The summed E-state index contributed by atoms with van der Waals surface area (Å²) in [7, 11) is 0. The van der Waals surface area contributed by atoms with Crippen molar-refractivity contribution in [2.75, 3.05) is 12.5 Å². The molecule has 0 radical (unpaired) electrons. The van der Waals surface area contributed by atoms with E-state index in [1.165, 1.54) is 11.8 Å². The number of aromatic nitrogens is 1. The van der Waals surface area contributed by atoms with E-state index in [1.54, 1.807) is 6.20 Å². The summed E-state index contributed by atoms with van der Waals surface area (Å²) in [6, 6.07) is 9.42. The maximum atomic E-state index is 11.9. The number of thioether (sulfide) groups is 1. The summed E-state index contributed by atoms with van der Waals surface area (Å²) < 4.78 is 11.5. The van der Waals surface area contributed by atoms with Gasteiger partial charge in [-0.05, 0) is 45.8 Å². The van der Waals surface area contributed by atoms with Crippen LogP contribution in [-0.4, -0.2) is 23.4 Å². The van der Waals surface area contributed by atoms with Crippen molar-refractivity contribution in [2.45, 2.75) is 11.6 Å². The van der Waals surface area contributed by atoms with E-state index in [4.69, 9.17) is 9.47 Å². The van der Waals surface area contributed by atoms with Gasteiger partial charge in [0.15, 0.2) is 11.5 Å². The number of hydrogen-bond donors (Lipinski definition) is 1. The average molecular weight is 381 g/mol. The SMILES string of the molecule is O=C(CSc1ccc(Br)cn1)NCc1ccc2c(c1)OCO2. The molecule has 1 aromatic carbocycles.